The first-order valence-electron chi connectivity index (χ1n) is 5.99. The van der Waals surface area contributed by atoms with Gasteiger partial charge in [0.15, 0.2) is 0 Å². The van der Waals surface area contributed by atoms with Crippen molar-refractivity contribution in [2.45, 2.75) is 20.8 Å². The summed E-state index contributed by atoms with van der Waals surface area (Å²) in [5.41, 5.74) is 3.66. The molecule has 0 saturated carbocycles. The van der Waals surface area contributed by atoms with Crippen LogP contribution in [0.5, 0.6) is 0 Å². The van der Waals surface area contributed by atoms with Crippen molar-refractivity contribution in [1.29, 1.82) is 0 Å². The van der Waals surface area contributed by atoms with E-state index in [-0.39, 0.29) is 5.91 Å². The predicted molar refractivity (Wildman–Crippen MR) is 75.5 cm³/mol. The van der Waals surface area contributed by atoms with Gasteiger partial charge in [-0.25, -0.2) is 9.97 Å². The lowest BCUT2D eigenvalue weighted by Gasteiger charge is -2.10. The van der Waals surface area contributed by atoms with E-state index in [1.165, 1.54) is 13.3 Å². The molecule has 0 bridgehead atoms. The number of amides is 1. The summed E-state index contributed by atoms with van der Waals surface area (Å²) in [4.78, 5) is 19.3. The Labute approximate surface area is 112 Å². The van der Waals surface area contributed by atoms with Gasteiger partial charge in [0, 0.05) is 29.6 Å². The van der Waals surface area contributed by atoms with E-state index in [4.69, 9.17) is 0 Å². The molecular formula is C14H16N4O. The molecule has 0 aliphatic carbocycles. The number of rotatable bonds is 3. The number of carbonyl (C=O) groups excluding carboxylic acids is 1. The van der Waals surface area contributed by atoms with Crippen LogP contribution in [0, 0.1) is 13.8 Å². The summed E-state index contributed by atoms with van der Waals surface area (Å²) >= 11 is 0. The Balaban J connectivity index is 2.15. The maximum absolute atomic E-state index is 10.9. The fraction of sp³-hybridized carbons (Fsp3) is 0.214. The lowest BCUT2D eigenvalue weighted by atomic mass is 10.2. The molecule has 1 aromatic carbocycles. The smallest absolute Gasteiger partial charge is 0.221 e. The highest BCUT2D eigenvalue weighted by Crippen LogP contribution is 2.20. The van der Waals surface area contributed by atoms with Crippen LogP contribution >= 0.6 is 0 Å². The number of carbonyl (C=O) groups is 1. The van der Waals surface area contributed by atoms with E-state index in [0.29, 0.717) is 0 Å². The van der Waals surface area contributed by atoms with Crippen LogP contribution in [0.25, 0.3) is 0 Å². The molecule has 0 fully saturated rings. The number of aromatic nitrogens is 2. The van der Waals surface area contributed by atoms with Crippen LogP contribution in [-0.4, -0.2) is 15.9 Å². The molecule has 1 heterocycles. The van der Waals surface area contributed by atoms with Gasteiger partial charge in [-0.1, -0.05) is 0 Å². The number of hydrogen-bond donors (Lipinski definition) is 2. The van der Waals surface area contributed by atoms with Crippen LogP contribution in [0.4, 0.5) is 17.2 Å². The van der Waals surface area contributed by atoms with E-state index in [1.54, 1.807) is 0 Å². The van der Waals surface area contributed by atoms with Crippen LogP contribution in [0.15, 0.2) is 30.6 Å². The van der Waals surface area contributed by atoms with E-state index in [9.17, 15) is 4.79 Å². The van der Waals surface area contributed by atoms with E-state index in [2.05, 4.69) is 20.6 Å². The highest BCUT2D eigenvalue weighted by molar-refractivity contribution is 5.88. The molecule has 0 unspecified atom stereocenters. The Bertz CT molecular complexity index is 593. The van der Waals surface area contributed by atoms with Crippen molar-refractivity contribution in [1.82, 2.24) is 9.97 Å². The Morgan fingerprint density at radius 1 is 1.05 bits per heavy atom. The fourth-order valence-electron chi connectivity index (χ4n) is 1.64. The average molecular weight is 256 g/mol. The highest BCUT2D eigenvalue weighted by Gasteiger charge is 2.03. The Morgan fingerprint density at radius 2 is 1.68 bits per heavy atom. The van der Waals surface area contributed by atoms with E-state index in [1.807, 2.05) is 38.1 Å². The molecule has 2 rings (SSSR count). The minimum atomic E-state index is -0.0806. The maximum atomic E-state index is 10.9. The summed E-state index contributed by atoms with van der Waals surface area (Å²) < 4.78 is 0. The largest absolute Gasteiger partial charge is 0.340 e. The molecule has 0 saturated heterocycles. The van der Waals surface area contributed by atoms with Gasteiger partial charge in [0.25, 0.3) is 0 Å². The second-order valence-electron chi connectivity index (χ2n) is 4.32. The van der Waals surface area contributed by atoms with E-state index in [0.717, 1.165) is 28.5 Å². The van der Waals surface area contributed by atoms with Gasteiger partial charge in [0.1, 0.15) is 12.1 Å². The van der Waals surface area contributed by atoms with Crippen LogP contribution < -0.4 is 10.6 Å². The molecule has 1 aromatic heterocycles. The molecule has 0 atom stereocenters. The van der Waals surface area contributed by atoms with Crippen molar-refractivity contribution in [3.63, 3.8) is 0 Å². The molecular weight excluding hydrogens is 240 g/mol. The molecule has 1 amide bonds. The van der Waals surface area contributed by atoms with Gasteiger partial charge in [0.2, 0.25) is 5.91 Å². The van der Waals surface area contributed by atoms with Crippen LogP contribution in [0.1, 0.15) is 18.2 Å². The summed E-state index contributed by atoms with van der Waals surface area (Å²) in [7, 11) is 0. The molecule has 2 aromatic rings. The molecule has 98 valence electrons. The molecule has 0 spiro atoms. The maximum Gasteiger partial charge on any atom is 0.221 e. The Morgan fingerprint density at radius 3 is 2.32 bits per heavy atom. The number of anilines is 3. The number of hydrogen-bond acceptors (Lipinski definition) is 4. The van der Waals surface area contributed by atoms with Gasteiger partial charge in [0.05, 0.1) is 0 Å². The first-order chi connectivity index (χ1) is 9.06. The molecule has 5 nitrogen and oxygen atoms in total. The van der Waals surface area contributed by atoms with Crippen LogP contribution in [0.3, 0.4) is 0 Å². The first-order valence-corrected chi connectivity index (χ1v) is 5.99. The minimum Gasteiger partial charge on any atom is -0.340 e. The van der Waals surface area contributed by atoms with Gasteiger partial charge in [-0.15, -0.1) is 0 Å². The predicted octanol–water partition coefficient (Wildman–Crippen LogP) is 2.80. The minimum absolute atomic E-state index is 0.0806. The standard InChI is InChI=1S/C14H16N4O/c1-9-10(2)15-8-16-14(9)18-13-6-4-12(5-7-13)17-11(3)19/h4-8H,1-3H3,(H,17,19)(H,15,16,18). The second-order valence-corrected chi connectivity index (χ2v) is 4.32. The Kier molecular flexibility index (Phi) is 3.75. The number of benzene rings is 1. The topological polar surface area (TPSA) is 66.9 Å². The number of aryl methyl sites for hydroxylation is 1. The third-order valence-corrected chi connectivity index (χ3v) is 2.80. The number of nitrogens with one attached hydrogen (secondary N) is 2. The van der Waals surface area contributed by atoms with Gasteiger partial charge in [-0.05, 0) is 38.1 Å². The average Bonchev–Trinajstić information content (AvgIpc) is 2.37. The second kappa shape index (κ2) is 5.48. The molecule has 0 aliphatic heterocycles. The molecule has 0 radical (unpaired) electrons. The van der Waals surface area contributed by atoms with E-state index >= 15 is 0 Å². The molecule has 0 aliphatic rings. The molecule has 19 heavy (non-hydrogen) atoms. The van der Waals surface area contributed by atoms with Crippen molar-refractivity contribution >= 4 is 23.1 Å². The fourth-order valence-corrected chi connectivity index (χ4v) is 1.64. The summed E-state index contributed by atoms with van der Waals surface area (Å²) in [6.45, 7) is 5.41. The third kappa shape index (κ3) is 3.28. The normalized spacial score (nSPS) is 10.1. The zero-order valence-electron chi connectivity index (χ0n) is 11.2. The lowest BCUT2D eigenvalue weighted by Crippen LogP contribution is -2.05. The highest BCUT2D eigenvalue weighted by atomic mass is 16.1. The van der Waals surface area contributed by atoms with Gasteiger partial charge < -0.3 is 10.6 Å². The lowest BCUT2D eigenvalue weighted by molar-refractivity contribution is -0.114. The summed E-state index contributed by atoms with van der Waals surface area (Å²) in [5.74, 6) is 0.711. The summed E-state index contributed by atoms with van der Waals surface area (Å²) in [5, 5.41) is 5.95. The van der Waals surface area contributed by atoms with E-state index < -0.39 is 0 Å². The van der Waals surface area contributed by atoms with Crippen LogP contribution in [-0.2, 0) is 4.79 Å². The Hall–Kier alpha value is -2.43. The molecule has 5 heteroatoms. The van der Waals surface area contributed by atoms with Crippen molar-refractivity contribution in [2.75, 3.05) is 10.6 Å². The monoisotopic (exact) mass is 256 g/mol. The zero-order valence-corrected chi connectivity index (χ0v) is 11.2. The SMILES string of the molecule is CC(=O)Nc1ccc(Nc2ncnc(C)c2C)cc1. The number of nitrogens with zero attached hydrogens (tertiary/aromatic N) is 2. The van der Waals surface area contributed by atoms with Crippen molar-refractivity contribution in [3.8, 4) is 0 Å². The van der Waals surface area contributed by atoms with Gasteiger partial charge in [-0.3, -0.25) is 4.79 Å². The summed E-state index contributed by atoms with van der Waals surface area (Å²) in [6, 6.07) is 7.46. The van der Waals surface area contributed by atoms with Crippen molar-refractivity contribution < 1.29 is 4.79 Å². The zero-order chi connectivity index (χ0) is 13.8. The first kappa shape index (κ1) is 13.0. The molecule has 2 N–H and O–H groups in total. The van der Waals surface area contributed by atoms with Gasteiger partial charge in [-0.2, -0.15) is 0 Å². The third-order valence-electron chi connectivity index (χ3n) is 2.80. The van der Waals surface area contributed by atoms with Crippen molar-refractivity contribution in [2.24, 2.45) is 0 Å². The quantitative estimate of drug-likeness (QED) is 0.886. The summed E-state index contributed by atoms with van der Waals surface area (Å²) in [6.07, 6.45) is 1.54. The van der Waals surface area contributed by atoms with Crippen LogP contribution in [0.2, 0.25) is 0 Å². The van der Waals surface area contributed by atoms with Crippen molar-refractivity contribution in [3.05, 3.63) is 41.9 Å². The van der Waals surface area contributed by atoms with Gasteiger partial charge >= 0.3 is 0 Å².